The van der Waals surface area contributed by atoms with Crippen molar-refractivity contribution in [3.8, 4) is 0 Å². The second-order valence-corrected chi connectivity index (χ2v) is 2.27. The van der Waals surface area contributed by atoms with E-state index < -0.39 is 0 Å². The lowest BCUT2D eigenvalue weighted by Crippen LogP contribution is -1.86. The zero-order chi connectivity index (χ0) is 8.10. The molecular formula is C7H11NO3. The van der Waals surface area contributed by atoms with E-state index in [9.17, 15) is 0 Å². The van der Waals surface area contributed by atoms with Crippen molar-refractivity contribution in [2.45, 2.75) is 19.4 Å². The maximum Gasteiger partial charge on any atom is 0.137 e. The highest BCUT2D eigenvalue weighted by Gasteiger charge is 2.01. The molecule has 0 radical (unpaired) electrons. The van der Waals surface area contributed by atoms with Gasteiger partial charge in [-0.05, 0) is 6.42 Å². The SMILES string of the molecule is OCCCc1cc(CO)no1. The Balaban J connectivity index is 2.44. The molecule has 4 nitrogen and oxygen atoms in total. The molecule has 4 heteroatoms. The van der Waals surface area contributed by atoms with Crippen molar-refractivity contribution in [3.63, 3.8) is 0 Å². The highest BCUT2D eigenvalue weighted by molar-refractivity contribution is 5.03. The van der Waals surface area contributed by atoms with Crippen LogP contribution >= 0.6 is 0 Å². The van der Waals surface area contributed by atoms with Crippen molar-refractivity contribution >= 4 is 0 Å². The maximum absolute atomic E-state index is 8.60. The van der Waals surface area contributed by atoms with Crippen molar-refractivity contribution < 1.29 is 14.7 Å². The van der Waals surface area contributed by atoms with Gasteiger partial charge in [-0.3, -0.25) is 0 Å². The van der Waals surface area contributed by atoms with Crippen LogP contribution in [0.5, 0.6) is 0 Å². The highest BCUT2D eigenvalue weighted by atomic mass is 16.5. The second-order valence-electron chi connectivity index (χ2n) is 2.27. The highest BCUT2D eigenvalue weighted by Crippen LogP contribution is 2.05. The number of aliphatic hydroxyl groups excluding tert-OH is 2. The molecule has 0 unspecified atom stereocenters. The number of rotatable bonds is 4. The van der Waals surface area contributed by atoms with Crippen LogP contribution in [-0.4, -0.2) is 22.0 Å². The Morgan fingerprint density at radius 3 is 2.82 bits per heavy atom. The molecule has 1 rings (SSSR count). The van der Waals surface area contributed by atoms with Gasteiger partial charge in [0.2, 0.25) is 0 Å². The predicted molar refractivity (Wildman–Crippen MR) is 37.8 cm³/mol. The van der Waals surface area contributed by atoms with Gasteiger partial charge in [-0.25, -0.2) is 0 Å². The lowest BCUT2D eigenvalue weighted by atomic mass is 10.2. The van der Waals surface area contributed by atoms with E-state index in [0.717, 1.165) is 0 Å². The number of aryl methyl sites for hydroxylation is 1. The Morgan fingerprint density at radius 2 is 2.27 bits per heavy atom. The first-order chi connectivity index (χ1) is 5.36. The van der Waals surface area contributed by atoms with Gasteiger partial charge in [-0.1, -0.05) is 5.16 Å². The van der Waals surface area contributed by atoms with Gasteiger partial charge >= 0.3 is 0 Å². The molecule has 0 aliphatic heterocycles. The van der Waals surface area contributed by atoms with Gasteiger partial charge in [0, 0.05) is 19.1 Å². The fraction of sp³-hybridized carbons (Fsp3) is 0.571. The second kappa shape index (κ2) is 4.10. The molecule has 2 N–H and O–H groups in total. The van der Waals surface area contributed by atoms with Crippen molar-refractivity contribution in [2.75, 3.05) is 6.61 Å². The van der Waals surface area contributed by atoms with E-state index in [1.165, 1.54) is 0 Å². The third-order valence-electron chi connectivity index (χ3n) is 1.35. The predicted octanol–water partition coefficient (Wildman–Crippen LogP) is 0.0918. The topological polar surface area (TPSA) is 66.5 Å². The summed E-state index contributed by atoms with van der Waals surface area (Å²) < 4.78 is 4.84. The Kier molecular flexibility index (Phi) is 3.07. The molecule has 0 saturated carbocycles. The normalized spacial score (nSPS) is 10.4. The van der Waals surface area contributed by atoms with Gasteiger partial charge in [0.25, 0.3) is 0 Å². The third-order valence-corrected chi connectivity index (χ3v) is 1.35. The third kappa shape index (κ3) is 2.32. The minimum atomic E-state index is -0.0946. The Labute approximate surface area is 64.4 Å². The number of hydrogen-bond acceptors (Lipinski definition) is 4. The van der Waals surface area contributed by atoms with E-state index in [1.54, 1.807) is 6.07 Å². The van der Waals surface area contributed by atoms with E-state index in [-0.39, 0.29) is 13.2 Å². The van der Waals surface area contributed by atoms with Gasteiger partial charge < -0.3 is 14.7 Å². The Morgan fingerprint density at radius 1 is 1.45 bits per heavy atom. The molecule has 11 heavy (non-hydrogen) atoms. The summed E-state index contributed by atoms with van der Waals surface area (Å²) in [6.07, 6.45) is 1.34. The van der Waals surface area contributed by atoms with Crippen molar-refractivity contribution in [2.24, 2.45) is 0 Å². The Hall–Kier alpha value is -0.870. The zero-order valence-corrected chi connectivity index (χ0v) is 6.16. The van der Waals surface area contributed by atoms with Crippen molar-refractivity contribution in [1.29, 1.82) is 0 Å². The van der Waals surface area contributed by atoms with Gasteiger partial charge in [0.15, 0.2) is 0 Å². The molecule has 0 spiro atoms. The summed E-state index contributed by atoms with van der Waals surface area (Å²) in [5, 5.41) is 20.7. The lowest BCUT2D eigenvalue weighted by molar-refractivity contribution is 0.262. The molecule has 0 atom stereocenters. The van der Waals surface area contributed by atoms with Crippen LogP contribution in [0.1, 0.15) is 17.9 Å². The van der Waals surface area contributed by atoms with Crippen LogP contribution in [0, 0.1) is 0 Å². The first-order valence-corrected chi connectivity index (χ1v) is 3.53. The zero-order valence-electron chi connectivity index (χ0n) is 6.16. The molecule has 0 saturated heterocycles. The molecule has 0 aromatic carbocycles. The fourth-order valence-corrected chi connectivity index (χ4v) is 0.801. The molecule has 0 bridgehead atoms. The summed E-state index contributed by atoms with van der Waals surface area (Å²) in [6, 6.07) is 1.69. The largest absolute Gasteiger partial charge is 0.396 e. The van der Waals surface area contributed by atoms with Crippen LogP contribution in [0.4, 0.5) is 0 Å². The van der Waals surface area contributed by atoms with E-state index in [2.05, 4.69) is 5.16 Å². The van der Waals surface area contributed by atoms with E-state index in [0.29, 0.717) is 24.3 Å². The lowest BCUT2D eigenvalue weighted by Gasteiger charge is -1.88. The summed E-state index contributed by atoms with van der Waals surface area (Å²) in [5.41, 5.74) is 0.540. The number of nitrogens with zero attached hydrogens (tertiary/aromatic N) is 1. The van der Waals surface area contributed by atoms with Crippen molar-refractivity contribution in [1.82, 2.24) is 5.16 Å². The van der Waals surface area contributed by atoms with Gasteiger partial charge in [-0.15, -0.1) is 0 Å². The van der Waals surface area contributed by atoms with Crippen LogP contribution in [0.15, 0.2) is 10.6 Å². The molecular weight excluding hydrogens is 146 g/mol. The van der Waals surface area contributed by atoms with Gasteiger partial charge in [-0.2, -0.15) is 0 Å². The summed E-state index contributed by atoms with van der Waals surface area (Å²) >= 11 is 0. The van der Waals surface area contributed by atoms with Crippen LogP contribution in [0.3, 0.4) is 0 Å². The summed E-state index contributed by atoms with van der Waals surface area (Å²) in [6.45, 7) is 0.0534. The molecule has 0 fully saturated rings. The van der Waals surface area contributed by atoms with Crippen LogP contribution in [0.25, 0.3) is 0 Å². The van der Waals surface area contributed by atoms with Gasteiger partial charge in [0.1, 0.15) is 11.5 Å². The molecule has 0 aliphatic rings. The van der Waals surface area contributed by atoms with E-state index >= 15 is 0 Å². The summed E-state index contributed by atoms with van der Waals surface area (Å²) in [5.74, 6) is 0.711. The molecule has 0 aliphatic carbocycles. The first-order valence-electron chi connectivity index (χ1n) is 3.53. The summed E-state index contributed by atoms with van der Waals surface area (Å²) in [7, 11) is 0. The quantitative estimate of drug-likeness (QED) is 0.650. The van der Waals surface area contributed by atoms with E-state index in [1.807, 2.05) is 0 Å². The average Bonchev–Trinajstić information content (AvgIpc) is 2.48. The van der Waals surface area contributed by atoms with E-state index in [4.69, 9.17) is 14.7 Å². The molecule has 1 aromatic heterocycles. The minimum absolute atomic E-state index is 0.0946. The average molecular weight is 157 g/mol. The number of aromatic nitrogens is 1. The molecule has 0 amide bonds. The monoisotopic (exact) mass is 157 g/mol. The summed E-state index contributed by atoms with van der Waals surface area (Å²) in [4.78, 5) is 0. The standard InChI is InChI=1S/C7H11NO3/c9-3-1-2-7-4-6(5-10)8-11-7/h4,9-10H,1-3,5H2. The van der Waals surface area contributed by atoms with Crippen LogP contribution in [-0.2, 0) is 13.0 Å². The van der Waals surface area contributed by atoms with Crippen molar-refractivity contribution in [3.05, 3.63) is 17.5 Å². The molecule has 1 aromatic rings. The van der Waals surface area contributed by atoms with Crippen LogP contribution in [0.2, 0.25) is 0 Å². The maximum atomic E-state index is 8.60. The first kappa shape index (κ1) is 8.23. The van der Waals surface area contributed by atoms with Crippen LogP contribution < -0.4 is 0 Å². The number of hydrogen-bond donors (Lipinski definition) is 2. The molecule has 1 heterocycles. The minimum Gasteiger partial charge on any atom is -0.396 e. The number of aliphatic hydroxyl groups is 2. The Bertz CT molecular complexity index is 209. The fourth-order valence-electron chi connectivity index (χ4n) is 0.801. The van der Waals surface area contributed by atoms with Gasteiger partial charge in [0.05, 0.1) is 6.61 Å². The molecule has 62 valence electrons. The smallest absolute Gasteiger partial charge is 0.137 e.